The van der Waals surface area contributed by atoms with Gasteiger partial charge in [-0.3, -0.25) is 4.57 Å². The molecule has 0 radical (unpaired) electrons. The van der Waals surface area contributed by atoms with Crippen LogP contribution in [0.1, 0.15) is 6.92 Å². The van der Waals surface area contributed by atoms with Gasteiger partial charge < -0.3 is 4.89 Å². The largest absolute Gasteiger partial charge is 0.352 e. The topological polar surface area (TPSA) is 55.8 Å². The van der Waals surface area contributed by atoms with Crippen LogP contribution in [-0.2, 0) is 14.1 Å². The van der Waals surface area contributed by atoms with Crippen LogP contribution in [0.3, 0.4) is 0 Å². The number of rotatable bonds is 4. The van der Waals surface area contributed by atoms with Gasteiger partial charge >= 0.3 is 7.60 Å². The molecule has 1 N–H and O–H groups in total. The molecule has 1 unspecified atom stereocenters. The summed E-state index contributed by atoms with van der Waals surface area (Å²) in [6.45, 7) is 2.83. The molecule has 0 aromatic rings. The minimum atomic E-state index is -3.46. The highest BCUT2D eigenvalue weighted by Crippen LogP contribution is 2.37. The van der Waals surface area contributed by atoms with E-state index in [0.29, 0.717) is 0 Å². The lowest BCUT2D eigenvalue weighted by Gasteiger charge is -2.09. The Kier molecular flexibility index (Phi) is 5.06. The standard InChI is InChI=1S/C4H10IO4P/c1-4(3-5)8-9-10(2,6)7/h4H,3H2,1-2H3,(H,6,7)/t4-/m1/s1. The van der Waals surface area contributed by atoms with Gasteiger partial charge in [0.25, 0.3) is 0 Å². The third-order valence-corrected chi connectivity index (χ3v) is 2.17. The molecule has 2 atom stereocenters. The van der Waals surface area contributed by atoms with Gasteiger partial charge in [0.15, 0.2) is 0 Å². The molecule has 10 heavy (non-hydrogen) atoms. The number of hydrogen-bond acceptors (Lipinski definition) is 3. The molecular weight excluding hydrogens is 270 g/mol. The number of alkyl halides is 1. The lowest BCUT2D eigenvalue weighted by Crippen LogP contribution is -2.08. The minimum absolute atomic E-state index is 0.152. The minimum Gasteiger partial charge on any atom is -0.323 e. The molecule has 6 heteroatoms. The van der Waals surface area contributed by atoms with E-state index in [0.717, 1.165) is 11.1 Å². The molecule has 0 saturated heterocycles. The Balaban J connectivity index is 3.46. The van der Waals surface area contributed by atoms with E-state index in [4.69, 9.17) is 4.89 Å². The Bertz CT molecular complexity index is 133. The first-order chi connectivity index (χ1) is 4.45. The highest BCUT2D eigenvalue weighted by Gasteiger charge is 2.13. The average molecular weight is 280 g/mol. The SMILES string of the molecule is C[C@H](CI)OOP(C)(=O)O. The molecule has 0 bridgehead atoms. The summed E-state index contributed by atoms with van der Waals surface area (Å²) in [5.41, 5.74) is 0. The van der Waals surface area contributed by atoms with E-state index in [9.17, 15) is 4.57 Å². The predicted molar refractivity (Wildman–Crippen MR) is 46.3 cm³/mol. The molecule has 0 aliphatic rings. The Morgan fingerprint density at radius 3 is 2.60 bits per heavy atom. The molecule has 0 saturated carbocycles. The summed E-state index contributed by atoms with van der Waals surface area (Å²) in [6, 6.07) is 0. The molecular formula is C4H10IO4P. The molecule has 4 nitrogen and oxygen atoms in total. The molecule has 0 fully saturated rings. The van der Waals surface area contributed by atoms with Crippen molar-refractivity contribution in [2.24, 2.45) is 0 Å². The maximum absolute atomic E-state index is 10.4. The smallest absolute Gasteiger partial charge is 0.323 e. The van der Waals surface area contributed by atoms with Crippen LogP contribution in [0.4, 0.5) is 0 Å². The quantitative estimate of drug-likeness (QED) is 0.279. The highest BCUT2D eigenvalue weighted by atomic mass is 127. The molecule has 0 amide bonds. The van der Waals surface area contributed by atoms with E-state index in [2.05, 4.69) is 32.2 Å². The van der Waals surface area contributed by atoms with Crippen LogP contribution in [0, 0.1) is 0 Å². The molecule has 0 rings (SSSR count). The van der Waals surface area contributed by atoms with Gasteiger partial charge in [0, 0.05) is 11.1 Å². The van der Waals surface area contributed by atoms with Crippen LogP contribution in [0.2, 0.25) is 0 Å². The van der Waals surface area contributed by atoms with Crippen molar-refractivity contribution in [3.8, 4) is 0 Å². The highest BCUT2D eigenvalue weighted by molar-refractivity contribution is 14.1. The van der Waals surface area contributed by atoms with E-state index in [-0.39, 0.29) is 6.10 Å². The second kappa shape index (κ2) is 4.66. The molecule has 0 aliphatic carbocycles. The zero-order valence-corrected chi connectivity index (χ0v) is 8.83. The van der Waals surface area contributed by atoms with Gasteiger partial charge in [-0.25, -0.2) is 4.89 Å². The normalized spacial score (nSPS) is 20.0. The number of halogens is 1. The summed E-state index contributed by atoms with van der Waals surface area (Å²) in [7, 11) is -3.46. The third kappa shape index (κ3) is 6.95. The van der Waals surface area contributed by atoms with Crippen LogP contribution >= 0.6 is 30.2 Å². The maximum Gasteiger partial charge on any atom is 0.352 e. The number of hydrogen-bond donors (Lipinski definition) is 1. The summed E-state index contributed by atoms with van der Waals surface area (Å²) < 4.78 is 15.3. The van der Waals surface area contributed by atoms with E-state index in [1.54, 1.807) is 6.92 Å². The van der Waals surface area contributed by atoms with E-state index < -0.39 is 7.60 Å². The van der Waals surface area contributed by atoms with Crippen LogP contribution in [-0.4, -0.2) is 22.1 Å². The van der Waals surface area contributed by atoms with Gasteiger partial charge in [-0.1, -0.05) is 22.6 Å². The van der Waals surface area contributed by atoms with E-state index in [1.165, 1.54) is 0 Å². The van der Waals surface area contributed by atoms with E-state index >= 15 is 0 Å². The van der Waals surface area contributed by atoms with Crippen LogP contribution in [0.15, 0.2) is 0 Å². The van der Waals surface area contributed by atoms with Crippen molar-refractivity contribution < 1.29 is 19.0 Å². The van der Waals surface area contributed by atoms with Crippen molar-refractivity contribution in [1.82, 2.24) is 0 Å². The van der Waals surface area contributed by atoms with Gasteiger partial charge in [0.2, 0.25) is 0 Å². The third-order valence-electron chi connectivity index (χ3n) is 0.563. The van der Waals surface area contributed by atoms with Crippen LogP contribution < -0.4 is 0 Å². The first-order valence-electron chi connectivity index (χ1n) is 2.67. The van der Waals surface area contributed by atoms with Gasteiger partial charge in [0.05, 0.1) is 6.10 Å². The fraction of sp³-hybridized carbons (Fsp3) is 1.00. The van der Waals surface area contributed by atoms with Gasteiger partial charge in [-0.15, -0.1) is 4.67 Å². The van der Waals surface area contributed by atoms with Crippen LogP contribution in [0.25, 0.3) is 0 Å². The fourth-order valence-corrected chi connectivity index (χ4v) is 0.632. The zero-order chi connectivity index (χ0) is 8.20. The Morgan fingerprint density at radius 2 is 2.30 bits per heavy atom. The molecule has 62 valence electrons. The summed E-state index contributed by atoms with van der Waals surface area (Å²) in [6.07, 6.45) is -0.152. The summed E-state index contributed by atoms with van der Waals surface area (Å²) in [4.78, 5) is 13.1. The Morgan fingerprint density at radius 1 is 1.80 bits per heavy atom. The average Bonchev–Trinajstić information content (AvgIpc) is 1.81. The second-order valence-electron chi connectivity index (χ2n) is 1.94. The Labute approximate surface area is 73.5 Å². The summed E-state index contributed by atoms with van der Waals surface area (Å²) in [5, 5.41) is 0. The molecule has 0 heterocycles. The first-order valence-corrected chi connectivity index (χ1v) is 6.22. The zero-order valence-electron chi connectivity index (χ0n) is 5.78. The van der Waals surface area contributed by atoms with Gasteiger partial charge in [-0.2, -0.15) is 0 Å². The predicted octanol–water partition coefficient (Wildman–Crippen LogP) is 1.57. The molecule has 0 aliphatic heterocycles. The fourth-order valence-electron chi connectivity index (χ4n) is 0.179. The first kappa shape index (κ1) is 10.8. The van der Waals surface area contributed by atoms with Gasteiger partial charge in [-0.05, 0) is 6.92 Å². The van der Waals surface area contributed by atoms with Crippen molar-refractivity contribution in [1.29, 1.82) is 0 Å². The molecule has 0 aromatic carbocycles. The molecule has 0 spiro atoms. The van der Waals surface area contributed by atoms with Crippen molar-refractivity contribution in [2.45, 2.75) is 13.0 Å². The lowest BCUT2D eigenvalue weighted by atomic mass is 10.5. The van der Waals surface area contributed by atoms with E-state index in [1.807, 2.05) is 0 Å². The second-order valence-corrected chi connectivity index (χ2v) is 4.57. The summed E-state index contributed by atoms with van der Waals surface area (Å²) >= 11 is 2.09. The summed E-state index contributed by atoms with van der Waals surface area (Å²) in [5.74, 6) is 0. The Hall–Kier alpha value is 0.840. The monoisotopic (exact) mass is 280 g/mol. The molecule has 0 aromatic heterocycles. The van der Waals surface area contributed by atoms with Crippen molar-refractivity contribution in [2.75, 3.05) is 11.1 Å². The van der Waals surface area contributed by atoms with Crippen LogP contribution in [0.5, 0.6) is 0 Å². The van der Waals surface area contributed by atoms with Crippen molar-refractivity contribution in [3.63, 3.8) is 0 Å². The van der Waals surface area contributed by atoms with Gasteiger partial charge in [0.1, 0.15) is 0 Å². The van der Waals surface area contributed by atoms with Crippen molar-refractivity contribution in [3.05, 3.63) is 0 Å². The lowest BCUT2D eigenvalue weighted by molar-refractivity contribution is -0.237. The maximum atomic E-state index is 10.4. The van der Waals surface area contributed by atoms with Crippen molar-refractivity contribution >= 4 is 30.2 Å².